The molecule has 0 aliphatic carbocycles. The van der Waals surface area contributed by atoms with Crippen LogP contribution in [-0.4, -0.2) is 41.6 Å². The van der Waals surface area contributed by atoms with E-state index in [1.54, 1.807) is 6.92 Å². The largest absolute Gasteiger partial charge is 0.492 e. The fourth-order valence-corrected chi connectivity index (χ4v) is 5.78. The Balaban J connectivity index is 2.47. The zero-order chi connectivity index (χ0) is 20.4. The maximum Gasteiger partial charge on any atom is 0.244 e. The van der Waals surface area contributed by atoms with Crippen LogP contribution in [0.2, 0.25) is 0 Å². The Morgan fingerprint density at radius 1 is 1.33 bits per heavy atom. The van der Waals surface area contributed by atoms with Crippen molar-refractivity contribution in [3.8, 4) is 5.75 Å². The third kappa shape index (κ3) is 4.80. The number of hydrogen-bond donors (Lipinski definition) is 1. The number of rotatable bonds is 8. The molecule has 0 radical (unpaired) electrons. The Kier molecular flexibility index (Phi) is 6.54. The number of benzene rings is 1. The van der Waals surface area contributed by atoms with Crippen LogP contribution < -0.4 is 13.8 Å². The van der Waals surface area contributed by atoms with Crippen molar-refractivity contribution in [2.24, 2.45) is 11.8 Å². The molecule has 1 atom stereocenters. The molecule has 27 heavy (non-hydrogen) atoms. The number of nitrogens with zero attached hydrogens (tertiary/aromatic N) is 1. The van der Waals surface area contributed by atoms with Crippen LogP contribution in [0, 0.1) is 11.8 Å². The number of nitrogens with one attached hydrogen (secondary N) is 1. The first-order chi connectivity index (χ1) is 12.5. The number of carbonyl (C=O) groups excluding carboxylic acids is 1. The number of amides is 1. The highest BCUT2D eigenvalue weighted by molar-refractivity contribution is 7.94. The van der Waals surface area contributed by atoms with Gasteiger partial charge in [-0.3, -0.25) is 4.79 Å². The highest BCUT2D eigenvalue weighted by Crippen LogP contribution is 2.34. The fourth-order valence-electron chi connectivity index (χ4n) is 2.75. The molecular formula is C17H26N2O6S2. The maximum atomic E-state index is 12.7. The molecule has 0 spiro atoms. The quantitative estimate of drug-likeness (QED) is 0.688. The molecule has 1 aromatic rings. The minimum Gasteiger partial charge on any atom is -0.492 e. The van der Waals surface area contributed by atoms with Crippen molar-refractivity contribution in [1.29, 1.82) is 0 Å². The van der Waals surface area contributed by atoms with E-state index in [0.29, 0.717) is 16.6 Å². The number of ether oxygens (including phenoxy) is 1. The van der Waals surface area contributed by atoms with Gasteiger partial charge in [0.2, 0.25) is 26.0 Å². The SMILES string of the molecule is CCOc1ccc(N2C(=O)C(C)CS2(=O)=O)cc1S(=O)(=O)NCCC(C)C. The molecule has 8 nitrogen and oxygen atoms in total. The first-order valence-electron chi connectivity index (χ1n) is 8.83. The van der Waals surface area contributed by atoms with Crippen molar-refractivity contribution in [3.05, 3.63) is 18.2 Å². The Morgan fingerprint density at radius 2 is 2.00 bits per heavy atom. The van der Waals surface area contributed by atoms with Crippen LogP contribution in [0.4, 0.5) is 5.69 Å². The summed E-state index contributed by atoms with van der Waals surface area (Å²) >= 11 is 0. The van der Waals surface area contributed by atoms with Gasteiger partial charge in [-0.15, -0.1) is 0 Å². The van der Waals surface area contributed by atoms with Gasteiger partial charge in [-0.2, -0.15) is 0 Å². The molecule has 1 aromatic carbocycles. The number of anilines is 1. The first-order valence-corrected chi connectivity index (χ1v) is 11.9. The van der Waals surface area contributed by atoms with E-state index in [-0.39, 0.29) is 35.2 Å². The van der Waals surface area contributed by atoms with Crippen LogP contribution >= 0.6 is 0 Å². The molecular weight excluding hydrogens is 392 g/mol. The fraction of sp³-hybridized carbons (Fsp3) is 0.588. The van der Waals surface area contributed by atoms with E-state index in [0.717, 1.165) is 0 Å². The Morgan fingerprint density at radius 3 is 2.52 bits per heavy atom. The zero-order valence-electron chi connectivity index (χ0n) is 15.9. The van der Waals surface area contributed by atoms with Crippen LogP contribution in [0.3, 0.4) is 0 Å². The van der Waals surface area contributed by atoms with Crippen LogP contribution in [0.25, 0.3) is 0 Å². The summed E-state index contributed by atoms with van der Waals surface area (Å²) in [6.07, 6.45) is 0.652. The molecule has 1 aliphatic rings. The lowest BCUT2D eigenvalue weighted by atomic mass is 10.1. The average Bonchev–Trinajstić information content (AvgIpc) is 2.75. The molecule has 0 bridgehead atoms. The lowest BCUT2D eigenvalue weighted by Gasteiger charge is -2.18. The number of sulfonamides is 2. The number of carbonyl (C=O) groups is 1. The Bertz CT molecular complexity index is 909. The van der Waals surface area contributed by atoms with Gasteiger partial charge in [0.1, 0.15) is 10.6 Å². The van der Waals surface area contributed by atoms with Crippen LogP contribution in [0.15, 0.2) is 23.1 Å². The second kappa shape index (κ2) is 8.15. The summed E-state index contributed by atoms with van der Waals surface area (Å²) < 4.78 is 58.7. The number of hydrogen-bond acceptors (Lipinski definition) is 6. The van der Waals surface area contributed by atoms with E-state index in [4.69, 9.17) is 4.74 Å². The molecule has 1 aliphatic heterocycles. The molecule has 10 heteroatoms. The summed E-state index contributed by atoms with van der Waals surface area (Å²) in [5.74, 6) is -1.12. The molecule has 152 valence electrons. The topological polar surface area (TPSA) is 110 Å². The van der Waals surface area contributed by atoms with Gasteiger partial charge in [-0.25, -0.2) is 25.9 Å². The van der Waals surface area contributed by atoms with Gasteiger partial charge >= 0.3 is 0 Å². The van der Waals surface area contributed by atoms with Gasteiger partial charge in [0.05, 0.1) is 24.0 Å². The minimum absolute atomic E-state index is 0.00274. The van der Waals surface area contributed by atoms with Gasteiger partial charge in [-0.1, -0.05) is 20.8 Å². The summed E-state index contributed by atoms with van der Waals surface area (Å²) in [7, 11) is -7.76. The predicted molar refractivity (Wildman–Crippen MR) is 103 cm³/mol. The Hall–Kier alpha value is -1.65. The summed E-state index contributed by atoms with van der Waals surface area (Å²) in [6.45, 7) is 7.68. The van der Waals surface area contributed by atoms with Crippen LogP contribution in [0.1, 0.15) is 34.1 Å². The highest BCUT2D eigenvalue weighted by atomic mass is 32.2. The van der Waals surface area contributed by atoms with Crippen molar-refractivity contribution in [3.63, 3.8) is 0 Å². The summed E-state index contributed by atoms with van der Waals surface area (Å²) in [5, 5.41) is 0. The van der Waals surface area contributed by atoms with Gasteiger partial charge in [0, 0.05) is 6.54 Å². The summed E-state index contributed by atoms with van der Waals surface area (Å²) in [4.78, 5) is 12.1. The van der Waals surface area contributed by atoms with Gasteiger partial charge in [-0.05, 0) is 37.5 Å². The van der Waals surface area contributed by atoms with Gasteiger partial charge < -0.3 is 4.74 Å². The van der Waals surface area contributed by atoms with E-state index >= 15 is 0 Å². The van der Waals surface area contributed by atoms with E-state index in [2.05, 4.69) is 4.72 Å². The molecule has 2 rings (SSSR count). The van der Waals surface area contributed by atoms with Crippen molar-refractivity contribution in [1.82, 2.24) is 4.72 Å². The molecule has 1 unspecified atom stereocenters. The van der Waals surface area contributed by atoms with E-state index in [9.17, 15) is 21.6 Å². The standard InChI is InChI=1S/C17H26N2O6S2/c1-5-25-15-7-6-14(19-17(20)13(4)11-26(19,21)22)10-16(15)27(23,24)18-9-8-12(2)3/h6-7,10,12-13,18H,5,8-9,11H2,1-4H3. The molecule has 1 saturated heterocycles. The minimum atomic E-state index is -3.94. The van der Waals surface area contributed by atoms with Gasteiger partial charge in [0.15, 0.2) is 0 Å². The van der Waals surface area contributed by atoms with Crippen molar-refractivity contribution >= 4 is 31.6 Å². The molecule has 1 heterocycles. The lowest BCUT2D eigenvalue weighted by molar-refractivity contribution is -0.119. The van der Waals surface area contributed by atoms with Crippen molar-refractivity contribution in [2.45, 2.75) is 39.0 Å². The molecule has 1 fully saturated rings. The molecule has 0 aromatic heterocycles. The predicted octanol–water partition coefficient (Wildman–Crippen LogP) is 1.72. The molecule has 0 saturated carbocycles. The van der Waals surface area contributed by atoms with Crippen LogP contribution in [0.5, 0.6) is 5.75 Å². The maximum absolute atomic E-state index is 12.7. The normalized spacial score (nSPS) is 19.7. The second-order valence-corrected chi connectivity index (χ2v) is 10.5. The zero-order valence-corrected chi connectivity index (χ0v) is 17.6. The smallest absolute Gasteiger partial charge is 0.244 e. The third-order valence-electron chi connectivity index (χ3n) is 4.13. The third-order valence-corrected chi connectivity index (χ3v) is 7.48. The van der Waals surface area contributed by atoms with Crippen LogP contribution in [-0.2, 0) is 24.8 Å². The lowest BCUT2D eigenvalue weighted by Crippen LogP contribution is -2.31. The molecule has 1 N–H and O–H groups in total. The molecule has 1 amide bonds. The summed E-state index contributed by atoms with van der Waals surface area (Å²) in [6, 6.07) is 3.93. The average molecular weight is 419 g/mol. The van der Waals surface area contributed by atoms with Crippen molar-refractivity contribution in [2.75, 3.05) is 23.2 Å². The van der Waals surface area contributed by atoms with E-state index < -0.39 is 31.9 Å². The first kappa shape index (κ1) is 21.6. The van der Waals surface area contributed by atoms with Crippen molar-refractivity contribution < 1.29 is 26.4 Å². The monoisotopic (exact) mass is 418 g/mol. The highest BCUT2D eigenvalue weighted by Gasteiger charge is 2.42. The van der Waals surface area contributed by atoms with E-state index in [1.165, 1.54) is 25.1 Å². The second-order valence-electron chi connectivity index (χ2n) is 6.93. The van der Waals surface area contributed by atoms with Gasteiger partial charge in [0.25, 0.3) is 0 Å². The van der Waals surface area contributed by atoms with E-state index in [1.807, 2.05) is 13.8 Å². The Labute approximate surface area is 161 Å². The summed E-state index contributed by atoms with van der Waals surface area (Å²) in [5.41, 5.74) is -0.00274.